The Morgan fingerprint density at radius 3 is 2.70 bits per heavy atom. The van der Waals surface area contributed by atoms with Crippen LogP contribution in [0.1, 0.15) is 30.0 Å². The molecule has 1 heterocycles. The molecule has 0 bridgehead atoms. The lowest BCUT2D eigenvalue weighted by Crippen LogP contribution is -2.31. The van der Waals surface area contributed by atoms with Crippen molar-refractivity contribution in [1.82, 2.24) is 0 Å². The van der Waals surface area contributed by atoms with E-state index in [2.05, 4.69) is 18.1 Å². The molecule has 4 heteroatoms. The van der Waals surface area contributed by atoms with Crippen LogP contribution in [0.3, 0.4) is 0 Å². The Hall–Kier alpha value is -2.20. The van der Waals surface area contributed by atoms with Crippen LogP contribution < -0.4 is 0 Å². The van der Waals surface area contributed by atoms with Crippen LogP contribution in [0, 0.1) is 12.7 Å². The van der Waals surface area contributed by atoms with E-state index in [9.17, 15) is 4.39 Å². The minimum Gasteiger partial charge on any atom is -0.386 e. The fourth-order valence-corrected chi connectivity index (χ4v) is 2.69. The number of hydrogen-bond donors (Lipinski definition) is 0. The smallest absolute Gasteiger partial charge is 0.163 e. The van der Waals surface area contributed by atoms with Crippen molar-refractivity contribution < 1.29 is 14.0 Å². The van der Waals surface area contributed by atoms with Crippen LogP contribution in [0.4, 0.5) is 4.39 Å². The number of oxime groups is 1. The van der Waals surface area contributed by atoms with Crippen LogP contribution in [0.25, 0.3) is 0 Å². The van der Waals surface area contributed by atoms with Gasteiger partial charge in [0.15, 0.2) is 5.60 Å². The first-order valence-electron chi connectivity index (χ1n) is 7.70. The zero-order chi connectivity index (χ0) is 16.3. The summed E-state index contributed by atoms with van der Waals surface area (Å²) in [5.74, 6) is -0.248. The van der Waals surface area contributed by atoms with Gasteiger partial charge in [0, 0.05) is 17.5 Å². The van der Waals surface area contributed by atoms with Gasteiger partial charge in [0.1, 0.15) is 5.82 Å². The number of ether oxygens (including phenoxy) is 1. The SMILES string of the molecule is Cc1ccccc1C1=NOC(C)(COCc2ccccc2F)C1. The monoisotopic (exact) mass is 313 g/mol. The van der Waals surface area contributed by atoms with Gasteiger partial charge in [-0.3, -0.25) is 0 Å². The Balaban J connectivity index is 1.58. The Kier molecular flexibility index (Phi) is 4.44. The highest BCUT2D eigenvalue weighted by molar-refractivity contribution is 6.02. The first-order chi connectivity index (χ1) is 11.1. The minimum absolute atomic E-state index is 0.228. The van der Waals surface area contributed by atoms with E-state index in [0.717, 1.165) is 11.3 Å². The molecule has 1 aliphatic heterocycles. The van der Waals surface area contributed by atoms with Gasteiger partial charge in [0.25, 0.3) is 0 Å². The van der Waals surface area contributed by atoms with E-state index < -0.39 is 5.60 Å². The molecule has 0 N–H and O–H groups in total. The summed E-state index contributed by atoms with van der Waals surface area (Å²) < 4.78 is 19.2. The van der Waals surface area contributed by atoms with Crippen molar-refractivity contribution in [3.05, 3.63) is 71.0 Å². The van der Waals surface area contributed by atoms with Crippen LogP contribution in [0.15, 0.2) is 53.7 Å². The van der Waals surface area contributed by atoms with Gasteiger partial charge in [0.2, 0.25) is 0 Å². The van der Waals surface area contributed by atoms with Gasteiger partial charge < -0.3 is 9.57 Å². The van der Waals surface area contributed by atoms with Crippen LogP contribution >= 0.6 is 0 Å². The highest BCUT2D eigenvalue weighted by Crippen LogP contribution is 2.28. The lowest BCUT2D eigenvalue weighted by Gasteiger charge is -2.21. The van der Waals surface area contributed by atoms with Crippen molar-refractivity contribution in [1.29, 1.82) is 0 Å². The number of rotatable bonds is 5. The van der Waals surface area contributed by atoms with E-state index in [1.807, 2.05) is 25.1 Å². The average molecular weight is 313 g/mol. The summed E-state index contributed by atoms with van der Waals surface area (Å²) in [6.07, 6.45) is 0.676. The second kappa shape index (κ2) is 6.50. The number of halogens is 1. The molecule has 1 aliphatic rings. The van der Waals surface area contributed by atoms with Crippen molar-refractivity contribution in [3.8, 4) is 0 Å². The summed E-state index contributed by atoms with van der Waals surface area (Å²) in [4.78, 5) is 5.60. The van der Waals surface area contributed by atoms with Crippen LogP contribution in [0.2, 0.25) is 0 Å². The molecule has 3 nitrogen and oxygen atoms in total. The minimum atomic E-state index is -0.511. The molecule has 0 radical (unpaired) electrons. The molecule has 0 fully saturated rings. The Labute approximate surface area is 135 Å². The first-order valence-corrected chi connectivity index (χ1v) is 7.70. The predicted molar refractivity (Wildman–Crippen MR) is 87.9 cm³/mol. The summed E-state index contributed by atoms with van der Waals surface area (Å²) in [7, 11) is 0. The molecule has 0 aromatic heterocycles. The summed E-state index contributed by atoms with van der Waals surface area (Å²) in [6.45, 7) is 4.61. The second-order valence-corrected chi connectivity index (χ2v) is 6.16. The molecule has 0 saturated carbocycles. The summed E-state index contributed by atoms with van der Waals surface area (Å²) in [6, 6.07) is 14.7. The molecular weight excluding hydrogens is 293 g/mol. The van der Waals surface area contributed by atoms with Crippen molar-refractivity contribution >= 4 is 5.71 Å². The third-order valence-corrected chi connectivity index (χ3v) is 4.00. The van der Waals surface area contributed by atoms with E-state index in [0.29, 0.717) is 18.6 Å². The molecule has 2 aromatic carbocycles. The van der Waals surface area contributed by atoms with Gasteiger partial charge in [-0.15, -0.1) is 0 Å². The molecule has 0 amide bonds. The Morgan fingerprint density at radius 1 is 1.17 bits per heavy atom. The van der Waals surface area contributed by atoms with E-state index in [-0.39, 0.29) is 12.4 Å². The molecule has 2 aromatic rings. The average Bonchev–Trinajstić information content (AvgIpc) is 2.92. The second-order valence-electron chi connectivity index (χ2n) is 6.16. The molecule has 1 atom stereocenters. The molecule has 23 heavy (non-hydrogen) atoms. The van der Waals surface area contributed by atoms with Gasteiger partial charge >= 0.3 is 0 Å². The van der Waals surface area contributed by atoms with E-state index in [1.165, 1.54) is 11.6 Å². The quantitative estimate of drug-likeness (QED) is 0.827. The van der Waals surface area contributed by atoms with Gasteiger partial charge in [-0.05, 0) is 25.5 Å². The van der Waals surface area contributed by atoms with E-state index in [4.69, 9.17) is 9.57 Å². The fraction of sp³-hybridized carbons (Fsp3) is 0.316. The number of benzene rings is 2. The van der Waals surface area contributed by atoms with Gasteiger partial charge in [-0.1, -0.05) is 47.6 Å². The highest BCUT2D eigenvalue weighted by atomic mass is 19.1. The number of aryl methyl sites for hydroxylation is 1. The zero-order valence-corrected chi connectivity index (χ0v) is 13.4. The lowest BCUT2D eigenvalue weighted by atomic mass is 9.94. The summed E-state index contributed by atoms with van der Waals surface area (Å²) in [5.41, 5.74) is 3.24. The molecule has 0 spiro atoms. The van der Waals surface area contributed by atoms with Crippen LogP contribution in [0.5, 0.6) is 0 Å². The molecule has 0 aliphatic carbocycles. The van der Waals surface area contributed by atoms with E-state index >= 15 is 0 Å². The maximum absolute atomic E-state index is 13.6. The number of hydrogen-bond acceptors (Lipinski definition) is 3. The molecule has 3 rings (SSSR count). The largest absolute Gasteiger partial charge is 0.386 e. The Bertz CT molecular complexity index is 729. The maximum atomic E-state index is 13.6. The van der Waals surface area contributed by atoms with Crippen LogP contribution in [-0.4, -0.2) is 17.9 Å². The standard InChI is InChI=1S/C19H20FNO2/c1-14-7-3-5-9-16(14)18-11-19(2,23-21-18)13-22-12-15-8-4-6-10-17(15)20/h3-10H,11-13H2,1-2H3. The van der Waals surface area contributed by atoms with Gasteiger partial charge in [-0.2, -0.15) is 0 Å². The third-order valence-electron chi connectivity index (χ3n) is 4.00. The van der Waals surface area contributed by atoms with E-state index in [1.54, 1.807) is 18.2 Å². The fourth-order valence-electron chi connectivity index (χ4n) is 2.69. The lowest BCUT2D eigenvalue weighted by molar-refractivity contribution is -0.0713. The van der Waals surface area contributed by atoms with Crippen LogP contribution in [-0.2, 0) is 16.2 Å². The first kappa shape index (κ1) is 15.7. The normalized spacial score (nSPS) is 20.2. The van der Waals surface area contributed by atoms with Crippen molar-refractivity contribution in [2.75, 3.05) is 6.61 Å². The Morgan fingerprint density at radius 2 is 1.91 bits per heavy atom. The third kappa shape index (κ3) is 3.59. The van der Waals surface area contributed by atoms with Crippen molar-refractivity contribution in [3.63, 3.8) is 0 Å². The topological polar surface area (TPSA) is 30.8 Å². The van der Waals surface area contributed by atoms with Gasteiger partial charge in [0.05, 0.1) is 18.9 Å². The number of nitrogens with zero attached hydrogens (tertiary/aromatic N) is 1. The van der Waals surface area contributed by atoms with Crippen molar-refractivity contribution in [2.45, 2.75) is 32.5 Å². The summed E-state index contributed by atoms with van der Waals surface area (Å²) in [5, 5.41) is 4.23. The summed E-state index contributed by atoms with van der Waals surface area (Å²) >= 11 is 0. The highest BCUT2D eigenvalue weighted by Gasteiger charge is 2.35. The molecule has 1 unspecified atom stereocenters. The maximum Gasteiger partial charge on any atom is 0.163 e. The predicted octanol–water partition coefficient (Wildman–Crippen LogP) is 4.23. The van der Waals surface area contributed by atoms with Crippen molar-refractivity contribution in [2.24, 2.45) is 5.16 Å². The zero-order valence-electron chi connectivity index (χ0n) is 13.4. The molecule has 0 saturated heterocycles. The molecular formula is C19H20FNO2. The van der Waals surface area contributed by atoms with Gasteiger partial charge in [-0.25, -0.2) is 4.39 Å². The molecule has 120 valence electrons.